The molecule has 0 radical (unpaired) electrons. The van der Waals surface area contributed by atoms with Crippen molar-refractivity contribution >= 4 is 40.9 Å². The highest BCUT2D eigenvalue weighted by molar-refractivity contribution is 8.00. The molecule has 0 heterocycles. The normalized spacial score (nSPS) is 11.3. The summed E-state index contributed by atoms with van der Waals surface area (Å²) in [6, 6.07) is 18.7. The summed E-state index contributed by atoms with van der Waals surface area (Å²) in [6.07, 6.45) is 0. The van der Waals surface area contributed by atoms with E-state index in [1.54, 1.807) is 67.6 Å². The molecule has 1 atom stereocenters. The highest BCUT2D eigenvalue weighted by Gasteiger charge is 2.18. The van der Waals surface area contributed by atoms with Crippen LogP contribution in [0.2, 0.25) is 0 Å². The Morgan fingerprint density at radius 1 is 0.882 bits per heavy atom. The molecule has 176 valence electrons. The van der Waals surface area contributed by atoms with Gasteiger partial charge in [0.25, 0.3) is 11.8 Å². The van der Waals surface area contributed by atoms with Crippen molar-refractivity contribution in [3.05, 3.63) is 77.9 Å². The molecule has 3 aromatic rings. The largest absolute Gasteiger partial charge is 0.493 e. The van der Waals surface area contributed by atoms with Crippen molar-refractivity contribution in [1.29, 1.82) is 0 Å². The third kappa shape index (κ3) is 6.08. The zero-order valence-corrected chi connectivity index (χ0v) is 19.8. The van der Waals surface area contributed by atoms with Crippen molar-refractivity contribution < 1.29 is 23.9 Å². The Morgan fingerprint density at radius 2 is 1.62 bits per heavy atom. The molecule has 9 heteroatoms. The number of thioether (sulfide) groups is 1. The lowest BCUT2D eigenvalue weighted by Gasteiger charge is -2.14. The maximum atomic E-state index is 12.7. The van der Waals surface area contributed by atoms with Crippen LogP contribution in [0, 0.1) is 0 Å². The molecule has 0 spiro atoms. The van der Waals surface area contributed by atoms with Gasteiger partial charge in [0.05, 0.1) is 30.7 Å². The Kier molecular flexibility index (Phi) is 8.15. The van der Waals surface area contributed by atoms with E-state index < -0.39 is 11.2 Å². The van der Waals surface area contributed by atoms with E-state index in [0.29, 0.717) is 28.4 Å². The zero-order chi connectivity index (χ0) is 24.7. The molecular weight excluding hydrogens is 454 g/mol. The molecule has 4 N–H and O–H groups in total. The van der Waals surface area contributed by atoms with E-state index >= 15 is 0 Å². The topological polar surface area (TPSA) is 120 Å². The van der Waals surface area contributed by atoms with Crippen LogP contribution in [0.4, 0.5) is 11.4 Å². The fraction of sp³-hybridized carbons (Fsp3) is 0.160. The first kappa shape index (κ1) is 24.7. The second-order valence-corrected chi connectivity index (χ2v) is 8.63. The molecule has 34 heavy (non-hydrogen) atoms. The summed E-state index contributed by atoms with van der Waals surface area (Å²) in [6.45, 7) is 1.75. The lowest BCUT2D eigenvalue weighted by atomic mass is 10.1. The minimum atomic E-state index is -0.617. The number of primary amides is 1. The van der Waals surface area contributed by atoms with Gasteiger partial charge in [-0.15, -0.1) is 11.8 Å². The standard InChI is InChI=1S/C25H25N3O5S/c1-15(24(30)28-20-10-5-4-9-19(20)23(26)29)34-18-8-6-7-17(14-18)27-25(31)16-11-12-21(32-2)22(13-16)33-3/h4-15H,1-3H3,(H2,26,29)(H,27,31)(H,28,30). The molecule has 0 aliphatic carbocycles. The Bertz CT molecular complexity index is 1210. The first-order valence-corrected chi connectivity index (χ1v) is 11.2. The van der Waals surface area contributed by atoms with E-state index in [1.807, 2.05) is 6.07 Å². The Balaban J connectivity index is 1.67. The van der Waals surface area contributed by atoms with Crippen LogP contribution in [-0.2, 0) is 4.79 Å². The number of para-hydroxylation sites is 1. The predicted molar refractivity (Wildman–Crippen MR) is 133 cm³/mol. The number of methoxy groups -OCH3 is 2. The van der Waals surface area contributed by atoms with Gasteiger partial charge in [0.1, 0.15) is 0 Å². The predicted octanol–water partition coefficient (Wildman–Crippen LogP) is 4.17. The number of carbonyl (C=O) groups excluding carboxylic acids is 3. The van der Waals surface area contributed by atoms with Crippen LogP contribution in [0.1, 0.15) is 27.6 Å². The summed E-state index contributed by atoms with van der Waals surface area (Å²) in [5, 5.41) is 5.12. The van der Waals surface area contributed by atoms with Crippen LogP contribution in [0.25, 0.3) is 0 Å². The fourth-order valence-corrected chi connectivity index (χ4v) is 4.05. The molecule has 3 aromatic carbocycles. The lowest BCUT2D eigenvalue weighted by Crippen LogP contribution is -2.24. The monoisotopic (exact) mass is 479 g/mol. The quantitative estimate of drug-likeness (QED) is 0.396. The molecule has 0 aliphatic heterocycles. The molecule has 0 saturated carbocycles. The van der Waals surface area contributed by atoms with Crippen LogP contribution < -0.4 is 25.8 Å². The maximum absolute atomic E-state index is 12.7. The van der Waals surface area contributed by atoms with Gasteiger partial charge >= 0.3 is 0 Å². The van der Waals surface area contributed by atoms with Gasteiger partial charge in [-0.25, -0.2) is 0 Å². The van der Waals surface area contributed by atoms with Gasteiger partial charge in [-0.1, -0.05) is 18.2 Å². The van der Waals surface area contributed by atoms with E-state index in [4.69, 9.17) is 15.2 Å². The summed E-state index contributed by atoms with van der Waals surface area (Å²) < 4.78 is 10.5. The number of amides is 3. The van der Waals surface area contributed by atoms with Crippen LogP contribution >= 0.6 is 11.8 Å². The first-order valence-electron chi connectivity index (χ1n) is 10.3. The summed E-state index contributed by atoms with van der Waals surface area (Å²) in [5.41, 5.74) is 6.98. The van der Waals surface area contributed by atoms with E-state index in [-0.39, 0.29) is 17.4 Å². The van der Waals surface area contributed by atoms with E-state index in [1.165, 1.54) is 26.0 Å². The molecule has 8 nitrogen and oxygen atoms in total. The minimum Gasteiger partial charge on any atom is -0.493 e. The molecule has 0 aromatic heterocycles. The number of rotatable bonds is 9. The average molecular weight is 480 g/mol. The van der Waals surface area contributed by atoms with Crippen LogP contribution in [0.5, 0.6) is 11.5 Å². The van der Waals surface area contributed by atoms with Gasteiger partial charge < -0.3 is 25.8 Å². The highest BCUT2D eigenvalue weighted by Crippen LogP contribution is 2.29. The second kappa shape index (κ2) is 11.2. The molecule has 0 fully saturated rings. The number of hydrogen-bond acceptors (Lipinski definition) is 6. The number of nitrogens with one attached hydrogen (secondary N) is 2. The van der Waals surface area contributed by atoms with Crippen LogP contribution in [0.15, 0.2) is 71.6 Å². The Labute approximate surface area is 201 Å². The molecule has 0 aliphatic rings. The summed E-state index contributed by atoms with van der Waals surface area (Å²) >= 11 is 1.32. The highest BCUT2D eigenvalue weighted by atomic mass is 32.2. The molecule has 3 rings (SSSR count). The van der Waals surface area contributed by atoms with Crippen molar-refractivity contribution in [1.82, 2.24) is 0 Å². The minimum absolute atomic E-state index is 0.243. The van der Waals surface area contributed by atoms with Crippen LogP contribution in [-0.4, -0.2) is 37.2 Å². The number of anilines is 2. The number of benzene rings is 3. The summed E-state index contributed by atoms with van der Waals surface area (Å²) in [4.78, 5) is 37.7. The van der Waals surface area contributed by atoms with Crippen molar-refractivity contribution in [2.45, 2.75) is 17.1 Å². The van der Waals surface area contributed by atoms with Gasteiger partial charge in [0, 0.05) is 16.1 Å². The third-order valence-electron chi connectivity index (χ3n) is 4.87. The van der Waals surface area contributed by atoms with Crippen molar-refractivity contribution in [3.8, 4) is 11.5 Å². The van der Waals surface area contributed by atoms with Gasteiger partial charge in [-0.2, -0.15) is 0 Å². The molecular formula is C25H25N3O5S. The lowest BCUT2D eigenvalue weighted by molar-refractivity contribution is -0.115. The smallest absolute Gasteiger partial charge is 0.255 e. The number of ether oxygens (including phenoxy) is 2. The van der Waals surface area contributed by atoms with Gasteiger partial charge in [0.15, 0.2) is 11.5 Å². The van der Waals surface area contributed by atoms with Crippen molar-refractivity contribution in [3.63, 3.8) is 0 Å². The maximum Gasteiger partial charge on any atom is 0.255 e. The van der Waals surface area contributed by atoms with E-state index in [9.17, 15) is 14.4 Å². The SMILES string of the molecule is COc1ccc(C(=O)Nc2cccc(SC(C)C(=O)Nc3ccccc3C(N)=O)c2)cc1OC. The molecule has 1 unspecified atom stereocenters. The number of carbonyl (C=O) groups is 3. The summed E-state index contributed by atoms with van der Waals surface area (Å²) in [7, 11) is 3.03. The Hall–Kier alpha value is -3.98. The van der Waals surface area contributed by atoms with Crippen molar-refractivity contribution in [2.75, 3.05) is 24.9 Å². The van der Waals surface area contributed by atoms with Gasteiger partial charge in [-0.3, -0.25) is 14.4 Å². The van der Waals surface area contributed by atoms with E-state index in [0.717, 1.165) is 4.90 Å². The van der Waals surface area contributed by atoms with Gasteiger partial charge in [-0.05, 0) is 55.5 Å². The number of hydrogen-bond donors (Lipinski definition) is 3. The second-order valence-electron chi connectivity index (χ2n) is 7.21. The molecule has 0 bridgehead atoms. The first-order chi connectivity index (χ1) is 16.3. The molecule has 3 amide bonds. The summed E-state index contributed by atoms with van der Waals surface area (Å²) in [5.74, 6) is -0.218. The van der Waals surface area contributed by atoms with Crippen molar-refractivity contribution in [2.24, 2.45) is 5.73 Å². The van der Waals surface area contributed by atoms with Crippen LogP contribution in [0.3, 0.4) is 0 Å². The van der Waals surface area contributed by atoms with E-state index in [2.05, 4.69) is 10.6 Å². The Morgan fingerprint density at radius 3 is 2.32 bits per heavy atom. The van der Waals surface area contributed by atoms with Gasteiger partial charge in [0.2, 0.25) is 5.91 Å². The molecule has 0 saturated heterocycles. The number of nitrogens with two attached hydrogens (primary N) is 1. The fourth-order valence-electron chi connectivity index (χ4n) is 3.13. The average Bonchev–Trinajstić information content (AvgIpc) is 2.83. The zero-order valence-electron chi connectivity index (χ0n) is 19.0. The third-order valence-corrected chi connectivity index (χ3v) is 5.96.